The van der Waals surface area contributed by atoms with Crippen molar-refractivity contribution in [2.45, 2.75) is 58.8 Å². The third kappa shape index (κ3) is 4.91. The third-order valence-electron chi connectivity index (χ3n) is 7.85. The molecular weight excluding hydrogens is 482 g/mol. The van der Waals surface area contributed by atoms with Gasteiger partial charge in [-0.3, -0.25) is 14.4 Å². The minimum Gasteiger partial charge on any atom is -0.344 e. The molecule has 2 saturated heterocycles. The van der Waals surface area contributed by atoms with Gasteiger partial charge in [0.1, 0.15) is 17.6 Å². The van der Waals surface area contributed by atoms with Gasteiger partial charge in [0.2, 0.25) is 17.8 Å². The molecule has 5 rings (SSSR count). The minimum absolute atomic E-state index is 0.0279. The zero-order chi connectivity index (χ0) is 27.0. The summed E-state index contributed by atoms with van der Waals surface area (Å²) in [7, 11) is 1.85. The molecule has 38 heavy (non-hydrogen) atoms. The number of hydrogen-bond donors (Lipinski definition) is 0. The first kappa shape index (κ1) is 25.9. The zero-order valence-corrected chi connectivity index (χ0v) is 22.8. The average Bonchev–Trinajstić information content (AvgIpc) is 3.53. The molecule has 0 bridgehead atoms. The van der Waals surface area contributed by atoms with Crippen LogP contribution in [0.15, 0.2) is 30.3 Å². The Hall–Kier alpha value is -3.69. The highest BCUT2D eigenvalue weighted by Gasteiger charge is 2.40. The van der Waals surface area contributed by atoms with E-state index in [-0.39, 0.29) is 29.8 Å². The van der Waals surface area contributed by atoms with Crippen molar-refractivity contribution in [2.24, 2.45) is 0 Å². The normalized spacial score (nSPS) is 19.4. The van der Waals surface area contributed by atoms with Crippen LogP contribution in [0.3, 0.4) is 0 Å². The molecule has 0 radical (unpaired) electrons. The van der Waals surface area contributed by atoms with Gasteiger partial charge in [-0.2, -0.15) is 4.98 Å². The predicted molar refractivity (Wildman–Crippen MR) is 145 cm³/mol. The van der Waals surface area contributed by atoms with Crippen LogP contribution in [-0.2, 0) is 22.7 Å². The van der Waals surface area contributed by atoms with Crippen molar-refractivity contribution in [3.05, 3.63) is 47.2 Å². The van der Waals surface area contributed by atoms with Crippen molar-refractivity contribution in [2.75, 3.05) is 49.6 Å². The summed E-state index contributed by atoms with van der Waals surface area (Å²) in [6.45, 7) is 9.64. The van der Waals surface area contributed by atoms with Gasteiger partial charge in [0.15, 0.2) is 0 Å². The van der Waals surface area contributed by atoms with Gasteiger partial charge in [0.25, 0.3) is 5.91 Å². The number of rotatable bonds is 6. The quantitative estimate of drug-likeness (QED) is 0.577. The first-order valence-corrected chi connectivity index (χ1v) is 13.5. The van der Waals surface area contributed by atoms with Gasteiger partial charge in [-0.05, 0) is 32.3 Å². The second kappa shape index (κ2) is 10.6. The topological polar surface area (TPSA) is 93.2 Å². The van der Waals surface area contributed by atoms with E-state index >= 15 is 0 Å². The Kier molecular flexibility index (Phi) is 7.23. The van der Waals surface area contributed by atoms with Gasteiger partial charge >= 0.3 is 0 Å². The molecule has 0 N–H and O–H groups in total. The summed E-state index contributed by atoms with van der Waals surface area (Å²) < 4.78 is 0. The van der Waals surface area contributed by atoms with E-state index in [1.54, 1.807) is 11.8 Å². The lowest BCUT2D eigenvalue weighted by molar-refractivity contribution is -0.131. The molecule has 0 spiro atoms. The minimum atomic E-state index is -0.340. The predicted octanol–water partition coefficient (Wildman–Crippen LogP) is 2.14. The number of nitrogens with zero attached hydrogens (tertiary/aromatic N) is 7. The van der Waals surface area contributed by atoms with E-state index in [2.05, 4.69) is 4.90 Å². The van der Waals surface area contributed by atoms with Crippen LogP contribution in [0.5, 0.6) is 0 Å². The lowest BCUT2D eigenvalue weighted by Gasteiger charge is -2.35. The highest BCUT2D eigenvalue weighted by molar-refractivity contribution is 5.99. The van der Waals surface area contributed by atoms with E-state index in [0.717, 1.165) is 24.0 Å². The number of piperazine rings is 1. The summed E-state index contributed by atoms with van der Waals surface area (Å²) in [6.07, 6.45) is 1.62. The average molecular weight is 520 g/mol. The van der Waals surface area contributed by atoms with Gasteiger partial charge in [0.05, 0.1) is 6.54 Å². The molecule has 2 aromatic rings. The molecule has 202 valence electrons. The zero-order valence-electron chi connectivity index (χ0n) is 22.8. The van der Waals surface area contributed by atoms with Gasteiger partial charge in [-0.1, -0.05) is 30.3 Å². The molecule has 3 amide bonds. The van der Waals surface area contributed by atoms with Crippen molar-refractivity contribution in [3.8, 4) is 0 Å². The molecule has 0 aliphatic carbocycles. The Balaban J connectivity index is 1.46. The maximum absolute atomic E-state index is 13.7. The molecule has 10 nitrogen and oxygen atoms in total. The lowest BCUT2D eigenvalue weighted by atomic mass is 10.1. The van der Waals surface area contributed by atoms with Crippen molar-refractivity contribution in [1.82, 2.24) is 24.7 Å². The number of amides is 3. The molecule has 3 aliphatic rings. The highest BCUT2D eigenvalue weighted by Crippen LogP contribution is 2.36. The van der Waals surface area contributed by atoms with Gasteiger partial charge in [0, 0.05) is 64.8 Å². The van der Waals surface area contributed by atoms with Crippen molar-refractivity contribution >= 4 is 29.5 Å². The molecule has 1 aromatic carbocycles. The fourth-order valence-corrected chi connectivity index (χ4v) is 5.65. The lowest BCUT2D eigenvalue weighted by Crippen LogP contribution is -2.49. The largest absolute Gasteiger partial charge is 0.344 e. The second-order valence-corrected chi connectivity index (χ2v) is 10.7. The molecule has 1 atom stereocenters. The van der Waals surface area contributed by atoms with E-state index in [4.69, 9.17) is 9.97 Å². The van der Waals surface area contributed by atoms with Crippen LogP contribution < -0.4 is 9.80 Å². The number of hydrogen-bond acceptors (Lipinski definition) is 7. The maximum atomic E-state index is 13.7. The van der Waals surface area contributed by atoms with E-state index < -0.39 is 0 Å². The standard InChI is InChI=1S/C28H37N7O3/c1-19(2)35-18-22-24(27(35)38)29-28(33-15-13-32(14-16-33)20(3)36)30-25(22)34-12-8-11-23(34)26(37)31(4)17-21-9-6-5-7-10-21/h5-7,9-10,19,23H,8,11-18H2,1-4H3/t23-/m1/s1. The van der Waals surface area contributed by atoms with Gasteiger partial charge < -0.3 is 24.5 Å². The number of anilines is 2. The fraction of sp³-hybridized carbons (Fsp3) is 0.536. The van der Waals surface area contributed by atoms with Crippen LogP contribution in [0.25, 0.3) is 0 Å². The molecule has 0 unspecified atom stereocenters. The smallest absolute Gasteiger partial charge is 0.273 e. The molecule has 0 saturated carbocycles. The van der Waals surface area contributed by atoms with Crippen molar-refractivity contribution in [1.29, 1.82) is 0 Å². The van der Waals surface area contributed by atoms with Gasteiger partial charge in [-0.15, -0.1) is 0 Å². The van der Waals surface area contributed by atoms with E-state index in [0.29, 0.717) is 63.3 Å². The summed E-state index contributed by atoms with van der Waals surface area (Å²) in [5.74, 6) is 1.21. The fourth-order valence-electron chi connectivity index (χ4n) is 5.65. The summed E-state index contributed by atoms with van der Waals surface area (Å²) >= 11 is 0. The number of fused-ring (bicyclic) bond motifs is 1. The van der Waals surface area contributed by atoms with Crippen LogP contribution in [-0.4, -0.2) is 94.2 Å². The molecule has 4 heterocycles. The van der Waals surface area contributed by atoms with E-state index in [1.807, 2.05) is 65.9 Å². The van der Waals surface area contributed by atoms with Crippen LogP contribution in [0.2, 0.25) is 0 Å². The summed E-state index contributed by atoms with van der Waals surface area (Å²) in [5, 5.41) is 0. The number of carbonyl (C=O) groups is 3. The van der Waals surface area contributed by atoms with Crippen LogP contribution >= 0.6 is 0 Å². The molecular formula is C28H37N7O3. The molecule has 2 fully saturated rings. The number of carbonyl (C=O) groups excluding carboxylic acids is 3. The molecule has 10 heteroatoms. The number of likely N-dealkylation sites (N-methyl/N-ethyl adjacent to an activating group) is 1. The summed E-state index contributed by atoms with van der Waals surface area (Å²) in [5.41, 5.74) is 2.32. The Morgan fingerprint density at radius 1 is 1.05 bits per heavy atom. The van der Waals surface area contributed by atoms with Crippen LogP contribution in [0.1, 0.15) is 55.2 Å². The van der Waals surface area contributed by atoms with E-state index in [1.165, 1.54) is 0 Å². The first-order valence-electron chi connectivity index (χ1n) is 13.5. The second-order valence-electron chi connectivity index (χ2n) is 10.7. The van der Waals surface area contributed by atoms with Crippen molar-refractivity contribution < 1.29 is 14.4 Å². The third-order valence-corrected chi connectivity index (χ3v) is 7.85. The summed E-state index contributed by atoms with van der Waals surface area (Å²) in [4.78, 5) is 58.2. The highest BCUT2D eigenvalue weighted by atomic mass is 16.2. The van der Waals surface area contributed by atoms with Gasteiger partial charge in [-0.25, -0.2) is 4.98 Å². The number of benzene rings is 1. The Labute approximate surface area is 224 Å². The number of aromatic nitrogens is 2. The van der Waals surface area contributed by atoms with Crippen LogP contribution in [0.4, 0.5) is 11.8 Å². The Morgan fingerprint density at radius 3 is 2.42 bits per heavy atom. The van der Waals surface area contributed by atoms with E-state index in [9.17, 15) is 14.4 Å². The maximum Gasteiger partial charge on any atom is 0.273 e. The van der Waals surface area contributed by atoms with Crippen LogP contribution in [0, 0.1) is 0 Å². The monoisotopic (exact) mass is 519 g/mol. The first-order chi connectivity index (χ1) is 18.2. The SMILES string of the molecule is CC(=O)N1CCN(c2nc3c(c(N4CCC[C@@H]4C(=O)N(C)Cc4ccccc4)n2)CN(C(C)C)C3=O)CC1. The molecule has 1 aromatic heterocycles. The van der Waals surface area contributed by atoms with Crippen molar-refractivity contribution in [3.63, 3.8) is 0 Å². The molecule has 3 aliphatic heterocycles. The Morgan fingerprint density at radius 2 is 1.76 bits per heavy atom. The Bertz CT molecular complexity index is 1210. The summed E-state index contributed by atoms with van der Waals surface area (Å²) in [6, 6.07) is 9.67.